The second-order valence-corrected chi connectivity index (χ2v) is 6.11. The second kappa shape index (κ2) is 6.60. The van der Waals surface area contributed by atoms with Gasteiger partial charge >= 0.3 is 0 Å². The Kier molecular flexibility index (Phi) is 4.57. The molecular formula is C15H19N3O2S. The minimum absolute atomic E-state index is 0.0248. The summed E-state index contributed by atoms with van der Waals surface area (Å²) in [6, 6.07) is 7.64. The van der Waals surface area contributed by atoms with Crippen LogP contribution in [-0.4, -0.2) is 52.7 Å². The van der Waals surface area contributed by atoms with Crippen molar-refractivity contribution < 1.29 is 4.74 Å². The van der Waals surface area contributed by atoms with Crippen LogP contribution in [0.25, 0.3) is 10.8 Å². The summed E-state index contributed by atoms with van der Waals surface area (Å²) in [6.07, 6.45) is 0. The number of hydrogen-bond donors (Lipinski definition) is 0. The first-order valence-corrected chi connectivity index (χ1v) is 8.12. The molecule has 1 aromatic heterocycles. The Morgan fingerprint density at radius 3 is 2.71 bits per heavy atom. The van der Waals surface area contributed by atoms with Gasteiger partial charge in [0.15, 0.2) is 0 Å². The first-order valence-electron chi connectivity index (χ1n) is 7.18. The van der Waals surface area contributed by atoms with Gasteiger partial charge in [0.25, 0.3) is 5.56 Å². The number of ether oxygens (including phenoxy) is 1. The lowest BCUT2D eigenvalue weighted by molar-refractivity contribution is 0.0410. The van der Waals surface area contributed by atoms with Crippen molar-refractivity contribution in [2.45, 2.75) is 6.92 Å². The topological polar surface area (TPSA) is 47.4 Å². The Hall–Kier alpha value is -1.37. The minimum Gasteiger partial charge on any atom is -0.379 e. The molecular weight excluding hydrogens is 286 g/mol. The van der Waals surface area contributed by atoms with E-state index in [1.54, 1.807) is 0 Å². The van der Waals surface area contributed by atoms with Gasteiger partial charge in [0, 0.05) is 30.8 Å². The molecule has 0 saturated carbocycles. The number of hydrogen-bond acceptors (Lipinski definition) is 5. The monoisotopic (exact) mass is 305 g/mol. The highest BCUT2D eigenvalue weighted by atomic mass is 32.2. The van der Waals surface area contributed by atoms with Crippen molar-refractivity contribution in [3.8, 4) is 0 Å². The van der Waals surface area contributed by atoms with Gasteiger partial charge in [-0.05, 0) is 24.9 Å². The van der Waals surface area contributed by atoms with Crippen LogP contribution in [-0.2, 0) is 4.74 Å². The van der Waals surface area contributed by atoms with Crippen molar-refractivity contribution in [3.05, 3.63) is 40.3 Å². The Morgan fingerprint density at radius 2 is 1.95 bits per heavy atom. The molecule has 2 aromatic rings. The van der Waals surface area contributed by atoms with E-state index in [2.05, 4.69) is 10.00 Å². The van der Waals surface area contributed by atoms with Crippen LogP contribution in [0.15, 0.2) is 29.1 Å². The van der Waals surface area contributed by atoms with Gasteiger partial charge in [0.1, 0.15) is 0 Å². The van der Waals surface area contributed by atoms with Crippen molar-refractivity contribution in [1.29, 1.82) is 0 Å². The van der Waals surface area contributed by atoms with E-state index in [0.29, 0.717) is 0 Å². The number of nitrogens with zero attached hydrogens (tertiary/aromatic N) is 3. The van der Waals surface area contributed by atoms with Gasteiger partial charge in [-0.2, -0.15) is 9.19 Å². The van der Waals surface area contributed by atoms with E-state index in [4.69, 9.17) is 4.74 Å². The maximum Gasteiger partial charge on any atom is 0.285 e. The van der Waals surface area contributed by atoms with E-state index in [1.807, 2.05) is 31.2 Å². The summed E-state index contributed by atoms with van der Waals surface area (Å²) in [4.78, 5) is 14.8. The van der Waals surface area contributed by atoms with Crippen molar-refractivity contribution in [2.24, 2.45) is 0 Å². The molecule has 3 rings (SSSR count). The molecule has 0 radical (unpaired) electrons. The Balaban J connectivity index is 1.72. The first kappa shape index (κ1) is 14.6. The van der Waals surface area contributed by atoms with Crippen LogP contribution in [0.1, 0.15) is 5.69 Å². The Morgan fingerprint density at radius 1 is 1.24 bits per heavy atom. The highest BCUT2D eigenvalue weighted by Gasteiger charge is 2.11. The molecule has 0 spiro atoms. The molecule has 1 saturated heterocycles. The van der Waals surface area contributed by atoms with Gasteiger partial charge in [-0.3, -0.25) is 9.69 Å². The molecule has 0 atom stereocenters. The predicted octanol–water partition coefficient (Wildman–Crippen LogP) is 1.53. The maximum absolute atomic E-state index is 12.4. The second-order valence-electron chi connectivity index (χ2n) is 5.10. The lowest BCUT2D eigenvalue weighted by Crippen LogP contribution is -2.37. The van der Waals surface area contributed by atoms with Crippen LogP contribution in [0, 0.1) is 6.92 Å². The fourth-order valence-corrected chi connectivity index (χ4v) is 3.40. The molecule has 21 heavy (non-hydrogen) atoms. The molecule has 0 amide bonds. The smallest absolute Gasteiger partial charge is 0.285 e. The third kappa shape index (κ3) is 3.28. The largest absolute Gasteiger partial charge is 0.379 e. The van der Waals surface area contributed by atoms with Gasteiger partial charge in [0.2, 0.25) is 0 Å². The lowest BCUT2D eigenvalue weighted by atomic mass is 10.1. The molecule has 6 heteroatoms. The third-order valence-corrected chi connectivity index (χ3v) is 4.54. The Labute approximate surface area is 128 Å². The van der Waals surface area contributed by atoms with Crippen LogP contribution in [0.5, 0.6) is 0 Å². The van der Waals surface area contributed by atoms with E-state index < -0.39 is 0 Å². The summed E-state index contributed by atoms with van der Waals surface area (Å²) < 4.78 is 6.86. The standard InChI is InChI=1S/C15H19N3O2S/c1-12-13-4-2-3-5-14(13)15(19)18(16-12)21-11-8-17-6-9-20-10-7-17/h2-5H,6-11H2,1H3. The number of rotatable bonds is 4. The number of aryl methyl sites for hydroxylation is 1. The maximum atomic E-state index is 12.4. The normalized spacial score (nSPS) is 16.4. The van der Waals surface area contributed by atoms with Crippen LogP contribution in [0.3, 0.4) is 0 Å². The first-order chi connectivity index (χ1) is 10.3. The lowest BCUT2D eigenvalue weighted by Gasteiger charge is -2.26. The summed E-state index contributed by atoms with van der Waals surface area (Å²) in [7, 11) is 0. The van der Waals surface area contributed by atoms with Crippen LogP contribution in [0.2, 0.25) is 0 Å². The fourth-order valence-electron chi connectivity index (χ4n) is 2.49. The average Bonchev–Trinajstić information content (AvgIpc) is 2.53. The van der Waals surface area contributed by atoms with E-state index in [-0.39, 0.29) is 5.56 Å². The summed E-state index contributed by atoms with van der Waals surface area (Å²) in [5.41, 5.74) is 0.868. The Bertz CT molecular complexity index is 680. The molecule has 1 aliphatic heterocycles. The number of morpholine rings is 1. The van der Waals surface area contributed by atoms with Crippen molar-refractivity contribution >= 4 is 22.7 Å². The molecule has 1 fully saturated rings. The molecule has 5 nitrogen and oxygen atoms in total. The molecule has 0 aliphatic carbocycles. The SMILES string of the molecule is Cc1nn(SCCN2CCOCC2)c(=O)c2ccccc12. The molecule has 112 valence electrons. The molecule has 2 heterocycles. The van der Waals surface area contributed by atoms with Crippen molar-refractivity contribution in [3.63, 3.8) is 0 Å². The van der Waals surface area contributed by atoms with Gasteiger partial charge in [-0.1, -0.05) is 18.2 Å². The highest BCUT2D eigenvalue weighted by Crippen LogP contribution is 2.14. The quantitative estimate of drug-likeness (QED) is 0.857. The van der Waals surface area contributed by atoms with Crippen LogP contribution >= 0.6 is 11.9 Å². The van der Waals surface area contributed by atoms with E-state index in [1.165, 1.54) is 16.0 Å². The van der Waals surface area contributed by atoms with Crippen LogP contribution < -0.4 is 5.56 Å². The molecule has 0 N–H and O–H groups in total. The zero-order valence-corrected chi connectivity index (χ0v) is 12.9. The summed E-state index contributed by atoms with van der Waals surface area (Å²) in [5, 5.41) is 6.08. The highest BCUT2D eigenvalue weighted by molar-refractivity contribution is 7.97. The van der Waals surface area contributed by atoms with Gasteiger partial charge in [0.05, 0.1) is 24.3 Å². The average molecular weight is 305 g/mol. The summed E-state index contributed by atoms with van der Waals surface area (Å²) >= 11 is 1.48. The van der Waals surface area contributed by atoms with Crippen molar-refractivity contribution in [1.82, 2.24) is 14.1 Å². The zero-order chi connectivity index (χ0) is 14.7. The molecule has 0 bridgehead atoms. The zero-order valence-electron chi connectivity index (χ0n) is 12.1. The summed E-state index contributed by atoms with van der Waals surface area (Å²) in [5.74, 6) is 0.852. The summed E-state index contributed by atoms with van der Waals surface area (Å²) in [6.45, 7) is 6.45. The molecule has 1 aromatic carbocycles. The third-order valence-electron chi connectivity index (χ3n) is 3.69. The number of benzene rings is 1. The van der Waals surface area contributed by atoms with E-state index >= 15 is 0 Å². The number of fused-ring (bicyclic) bond motifs is 1. The van der Waals surface area contributed by atoms with Gasteiger partial charge < -0.3 is 4.74 Å². The van der Waals surface area contributed by atoms with Crippen molar-refractivity contribution in [2.75, 3.05) is 38.6 Å². The molecule has 1 aliphatic rings. The molecule has 0 unspecified atom stereocenters. The van der Waals surface area contributed by atoms with Gasteiger partial charge in [-0.25, -0.2) is 0 Å². The van der Waals surface area contributed by atoms with Crippen LogP contribution in [0.4, 0.5) is 0 Å². The van der Waals surface area contributed by atoms with E-state index in [0.717, 1.165) is 55.1 Å². The minimum atomic E-state index is -0.0248. The van der Waals surface area contributed by atoms with E-state index in [9.17, 15) is 4.79 Å². The fraction of sp³-hybridized carbons (Fsp3) is 0.467. The van der Waals surface area contributed by atoms with Gasteiger partial charge in [-0.15, -0.1) is 0 Å². The number of aromatic nitrogens is 2. The predicted molar refractivity (Wildman–Crippen MR) is 85.9 cm³/mol.